The lowest BCUT2D eigenvalue weighted by atomic mass is 9.63. The fraction of sp³-hybridized carbons (Fsp3) is 0.0164. The highest BCUT2D eigenvalue weighted by Crippen LogP contribution is 2.62. The van der Waals surface area contributed by atoms with Gasteiger partial charge in [-0.05, 0) is 71.8 Å². The lowest BCUT2D eigenvalue weighted by Gasteiger charge is -2.47. The van der Waals surface area contributed by atoms with E-state index in [9.17, 15) is 0 Å². The molecule has 3 aromatic heterocycles. The lowest BCUT2D eigenvalue weighted by Crippen LogP contribution is -2.48. The number of furan rings is 1. The van der Waals surface area contributed by atoms with E-state index in [1.807, 2.05) is 54.6 Å². The number of aromatic nitrogens is 2. The molecular formula is C61H37N2O3P. The number of fused-ring (bicyclic) bond motifs is 18. The van der Waals surface area contributed by atoms with Gasteiger partial charge < -0.3 is 22.9 Å². The number of rotatable bonds is 3. The molecule has 5 nitrogen and oxygen atoms in total. The molecule has 10 aromatic carbocycles. The molecule has 0 saturated heterocycles. The molecule has 0 amide bonds. The summed E-state index contributed by atoms with van der Waals surface area (Å²) >= 11 is 0. The van der Waals surface area contributed by atoms with Crippen LogP contribution in [0.5, 0.6) is 11.5 Å². The van der Waals surface area contributed by atoms with Gasteiger partial charge >= 0.3 is 0 Å². The summed E-state index contributed by atoms with van der Waals surface area (Å²) in [5.41, 5.74) is 11.2. The molecule has 0 aliphatic carbocycles. The Bertz CT molecular complexity index is 4300. The first-order valence-electron chi connectivity index (χ1n) is 22.8. The van der Waals surface area contributed by atoms with E-state index in [1.165, 1.54) is 21.5 Å². The molecule has 2 aliphatic rings. The van der Waals surface area contributed by atoms with E-state index in [-0.39, 0.29) is 0 Å². The van der Waals surface area contributed by atoms with E-state index < -0.39 is 12.6 Å². The molecule has 0 bridgehead atoms. The zero-order valence-electron chi connectivity index (χ0n) is 35.9. The average Bonchev–Trinajstić information content (AvgIpc) is 4.05. The topological polar surface area (TPSA) is 49.3 Å². The Labute approximate surface area is 384 Å². The summed E-state index contributed by atoms with van der Waals surface area (Å²) in [6.07, 6.45) is 0. The number of hydrogen-bond acceptors (Lipinski definition) is 3. The summed E-state index contributed by atoms with van der Waals surface area (Å²) in [6, 6.07) is 78.8. The summed E-state index contributed by atoms with van der Waals surface area (Å²) in [4.78, 5) is 0. The Morgan fingerprint density at radius 3 is 1.88 bits per heavy atom. The number of hydrogen-bond donors (Lipinski definition) is 0. The van der Waals surface area contributed by atoms with Gasteiger partial charge in [0.1, 0.15) is 22.7 Å². The zero-order chi connectivity index (χ0) is 44.0. The minimum absolute atomic E-state index is 0.716. The van der Waals surface area contributed by atoms with Gasteiger partial charge in [0.25, 0.3) is 0 Å². The van der Waals surface area contributed by atoms with E-state index in [2.05, 4.69) is 179 Å². The van der Waals surface area contributed by atoms with Crippen LogP contribution in [0.1, 0.15) is 22.3 Å². The standard InChI is InChI=1S/C61H37N2O3P/c64-67(40-19-5-2-6-20-40)57-30-16-11-25-48(57)61(49-36-45-42-22-9-14-28-53(42)65-55(45)37-58(49)67)46-24-10-15-29-54(46)66-56-35-39(31-33-47(56)61)63-50-26-12-7-21-41(50)43-32-34-52-59(60(43)63)44-23-8-13-27-51(44)62(52)38-17-3-1-4-18-38/h1-37H. The van der Waals surface area contributed by atoms with E-state index in [0.717, 1.165) is 99.5 Å². The van der Waals surface area contributed by atoms with Gasteiger partial charge in [-0.3, -0.25) is 0 Å². The highest BCUT2D eigenvalue weighted by atomic mass is 31.2. The van der Waals surface area contributed by atoms with Gasteiger partial charge in [-0.1, -0.05) is 158 Å². The molecule has 13 aromatic rings. The summed E-state index contributed by atoms with van der Waals surface area (Å²) < 4.78 is 35.3. The maximum absolute atomic E-state index is 16.7. The molecule has 314 valence electrons. The van der Waals surface area contributed by atoms with Crippen molar-refractivity contribution in [1.29, 1.82) is 0 Å². The van der Waals surface area contributed by atoms with Crippen LogP contribution in [0.15, 0.2) is 229 Å². The molecule has 1 spiro atoms. The van der Waals surface area contributed by atoms with Crippen molar-refractivity contribution in [2.45, 2.75) is 5.41 Å². The van der Waals surface area contributed by atoms with E-state index in [4.69, 9.17) is 9.15 Å². The molecule has 67 heavy (non-hydrogen) atoms. The van der Waals surface area contributed by atoms with Crippen LogP contribution < -0.4 is 20.7 Å². The summed E-state index contributed by atoms with van der Waals surface area (Å²) in [7, 11) is -3.48. The summed E-state index contributed by atoms with van der Waals surface area (Å²) in [6.45, 7) is 0. The number of ether oxygens (including phenoxy) is 1. The minimum atomic E-state index is -3.48. The van der Waals surface area contributed by atoms with Crippen molar-refractivity contribution in [3.8, 4) is 22.9 Å². The van der Waals surface area contributed by atoms with Crippen LogP contribution in [0.4, 0.5) is 0 Å². The third kappa shape index (κ3) is 4.71. The van der Waals surface area contributed by atoms with Crippen LogP contribution in [0.2, 0.25) is 0 Å². The molecule has 5 heterocycles. The van der Waals surface area contributed by atoms with E-state index in [1.54, 1.807) is 0 Å². The summed E-state index contributed by atoms with van der Waals surface area (Å²) in [5.74, 6) is 1.51. The fourth-order valence-corrected chi connectivity index (χ4v) is 15.1. The molecule has 2 aliphatic heterocycles. The van der Waals surface area contributed by atoms with Crippen LogP contribution in [0.3, 0.4) is 0 Å². The third-order valence-corrected chi connectivity index (χ3v) is 17.8. The van der Waals surface area contributed by atoms with Gasteiger partial charge in [0.2, 0.25) is 0 Å². The Morgan fingerprint density at radius 1 is 0.388 bits per heavy atom. The Hall–Kier alpha value is -8.37. The minimum Gasteiger partial charge on any atom is -0.457 e. The van der Waals surface area contributed by atoms with Crippen molar-refractivity contribution in [3.63, 3.8) is 0 Å². The number of para-hydroxylation sites is 5. The monoisotopic (exact) mass is 876 g/mol. The second-order valence-corrected chi connectivity index (χ2v) is 20.5. The van der Waals surface area contributed by atoms with Crippen molar-refractivity contribution in [1.82, 2.24) is 9.13 Å². The number of benzene rings is 10. The van der Waals surface area contributed by atoms with Crippen molar-refractivity contribution >= 4 is 88.6 Å². The molecule has 15 rings (SSSR count). The first kappa shape index (κ1) is 36.9. The molecule has 0 fully saturated rings. The first-order valence-corrected chi connectivity index (χ1v) is 24.5. The fourth-order valence-electron chi connectivity index (χ4n) is 12.0. The quantitative estimate of drug-likeness (QED) is 0.166. The largest absolute Gasteiger partial charge is 0.457 e. The number of nitrogens with zero attached hydrogens (tertiary/aromatic N) is 2. The van der Waals surface area contributed by atoms with Crippen LogP contribution in [0.25, 0.3) is 76.9 Å². The molecule has 2 atom stereocenters. The highest BCUT2D eigenvalue weighted by Gasteiger charge is 2.55. The van der Waals surface area contributed by atoms with E-state index >= 15 is 4.57 Å². The predicted molar refractivity (Wildman–Crippen MR) is 274 cm³/mol. The van der Waals surface area contributed by atoms with Crippen LogP contribution in [0, 0.1) is 0 Å². The molecule has 0 N–H and O–H groups in total. The Kier molecular flexibility index (Phi) is 7.36. The maximum atomic E-state index is 16.7. The Balaban J connectivity index is 1.07. The second-order valence-electron chi connectivity index (χ2n) is 17.9. The molecular weight excluding hydrogens is 840 g/mol. The van der Waals surface area contributed by atoms with Crippen LogP contribution >= 0.6 is 7.14 Å². The van der Waals surface area contributed by atoms with Gasteiger partial charge in [-0.15, -0.1) is 0 Å². The summed E-state index contributed by atoms with van der Waals surface area (Å²) in [5, 5.41) is 9.13. The highest BCUT2D eigenvalue weighted by molar-refractivity contribution is 7.85. The predicted octanol–water partition coefficient (Wildman–Crippen LogP) is 14.2. The van der Waals surface area contributed by atoms with Gasteiger partial charge in [-0.2, -0.15) is 0 Å². The zero-order valence-corrected chi connectivity index (χ0v) is 36.8. The average molecular weight is 877 g/mol. The lowest BCUT2D eigenvalue weighted by molar-refractivity contribution is 0.435. The van der Waals surface area contributed by atoms with Crippen molar-refractivity contribution in [2.75, 3.05) is 0 Å². The third-order valence-electron chi connectivity index (χ3n) is 14.6. The van der Waals surface area contributed by atoms with Gasteiger partial charge in [0, 0.05) is 76.8 Å². The van der Waals surface area contributed by atoms with Gasteiger partial charge in [0.15, 0.2) is 7.14 Å². The van der Waals surface area contributed by atoms with Crippen molar-refractivity contribution in [2.24, 2.45) is 0 Å². The van der Waals surface area contributed by atoms with Gasteiger partial charge in [-0.25, -0.2) is 0 Å². The maximum Gasteiger partial charge on any atom is 0.171 e. The van der Waals surface area contributed by atoms with E-state index in [0.29, 0.717) is 5.58 Å². The van der Waals surface area contributed by atoms with Gasteiger partial charge in [0.05, 0.1) is 27.5 Å². The molecule has 6 heteroatoms. The molecule has 2 unspecified atom stereocenters. The smallest absolute Gasteiger partial charge is 0.171 e. The SMILES string of the molecule is O=P1(c2ccccc2)c2ccccc2C2(c3ccccc3Oc3cc(-n4c5ccccc5c5ccc6c(c7ccccc7n6-c6ccccc6)c54)ccc32)c2cc3c(cc21)oc1ccccc13. The first-order chi connectivity index (χ1) is 33.1. The second kappa shape index (κ2) is 13.4. The normalized spacial score (nSPS) is 17.3. The molecule has 0 radical (unpaired) electrons. The molecule has 0 saturated carbocycles. The Morgan fingerprint density at radius 2 is 1.04 bits per heavy atom. The van der Waals surface area contributed by atoms with Crippen molar-refractivity contribution in [3.05, 3.63) is 247 Å². The van der Waals surface area contributed by atoms with Crippen LogP contribution in [-0.4, -0.2) is 9.13 Å². The van der Waals surface area contributed by atoms with Crippen LogP contribution in [-0.2, 0) is 9.98 Å². The van der Waals surface area contributed by atoms with Crippen molar-refractivity contribution < 1.29 is 13.7 Å².